The van der Waals surface area contributed by atoms with Crippen molar-refractivity contribution >= 4 is 51.1 Å². The molecule has 0 saturated heterocycles. The lowest BCUT2D eigenvalue weighted by Gasteiger charge is -2.19. The maximum absolute atomic E-state index is 12.6. The third-order valence-corrected chi connectivity index (χ3v) is 5.78. The fourth-order valence-corrected chi connectivity index (χ4v) is 3.97. The molecule has 0 saturated carbocycles. The Bertz CT molecular complexity index is 1700. The number of hydrogen-bond donors (Lipinski definition) is 2. The number of anilines is 3. The van der Waals surface area contributed by atoms with Gasteiger partial charge in [0.1, 0.15) is 11.4 Å². The zero-order valence-electron chi connectivity index (χ0n) is 22.4. The molecule has 2 heterocycles. The number of hydrogen-bond acceptors (Lipinski definition) is 7. The molecule has 2 aromatic heterocycles. The summed E-state index contributed by atoms with van der Waals surface area (Å²) >= 11 is 0. The van der Waals surface area contributed by atoms with Crippen molar-refractivity contribution in [2.75, 3.05) is 24.7 Å². The lowest BCUT2D eigenvalue weighted by atomic mass is 10.1. The molecule has 39 heavy (non-hydrogen) atoms. The minimum Gasteiger partial charge on any atom is -0.442 e. The molecule has 5 aromatic rings. The first-order valence-electron chi connectivity index (χ1n) is 12.4. The monoisotopic (exact) mass is 523 g/mol. The average Bonchev–Trinajstić information content (AvgIpc) is 3.31. The summed E-state index contributed by atoms with van der Waals surface area (Å²) < 4.78 is 6.72. The van der Waals surface area contributed by atoms with Crippen LogP contribution in [-0.2, 0) is 4.74 Å². The van der Waals surface area contributed by atoms with E-state index in [1.165, 1.54) is 9.58 Å². The van der Waals surface area contributed by atoms with Crippen LogP contribution in [-0.4, -0.2) is 56.5 Å². The van der Waals surface area contributed by atoms with Crippen LogP contribution in [0.2, 0.25) is 0 Å². The Morgan fingerprint density at radius 3 is 2.49 bits per heavy atom. The second-order valence-corrected chi connectivity index (χ2v) is 10.3. The van der Waals surface area contributed by atoms with E-state index in [4.69, 9.17) is 14.7 Å². The molecule has 0 atom stereocenters. The number of ether oxygens (including phenoxy) is 1. The largest absolute Gasteiger partial charge is 0.442 e. The molecule has 0 aliphatic heterocycles. The van der Waals surface area contributed by atoms with Gasteiger partial charge in [0, 0.05) is 41.8 Å². The van der Waals surface area contributed by atoms with E-state index in [0.29, 0.717) is 22.8 Å². The van der Waals surface area contributed by atoms with Gasteiger partial charge in [-0.05, 0) is 63.2 Å². The van der Waals surface area contributed by atoms with Gasteiger partial charge in [-0.3, -0.25) is 0 Å². The van der Waals surface area contributed by atoms with E-state index in [1.807, 2.05) is 87.5 Å². The molecule has 0 unspecified atom stereocenters. The fourth-order valence-electron chi connectivity index (χ4n) is 3.97. The van der Waals surface area contributed by atoms with Gasteiger partial charge in [-0.2, -0.15) is 9.78 Å². The zero-order valence-corrected chi connectivity index (χ0v) is 22.4. The highest BCUT2D eigenvalue weighted by molar-refractivity contribution is 5.95. The van der Waals surface area contributed by atoms with Crippen LogP contribution < -0.4 is 10.6 Å². The number of para-hydroxylation sites is 1. The van der Waals surface area contributed by atoms with Crippen LogP contribution in [0.15, 0.2) is 72.9 Å². The number of benzene rings is 3. The molecular weight excluding hydrogens is 494 g/mol. The number of nitrogens with zero attached hydrogens (tertiary/aromatic N) is 5. The van der Waals surface area contributed by atoms with Crippen LogP contribution in [0.25, 0.3) is 33.2 Å². The quantitative estimate of drug-likeness (QED) is 0.285. The Morgan fingerprint density at radius 1 is 0.923 bits per heavy atom. The molecule has 198 valence electrons. The van der Waals surface area contributed by atoms with E-state index >= 15 is 0 Å². The highest BCUT2D eigenvalue weighted by atomic mass is 16.6. The second kappa shape index (κ2) is 10.1. The summed E-state index contributed by atoms with van der Waals surface area (Å²) in [5.74, 6) is 1.13. The number of carbonyl (C=O) groups is 2. The number of urea groups is 1. The van der Waals surface area contributed by atoms with Gasteiger partial charge in [0.25, 0.3) is 0 Å². The number of nitrogens with one attached hydrogen (secondary N) is 2. The van der Waals surface area contributed by atoms with Crippen LogP contribution in [0.5, 0.6) is 0 Å². The van der Waals surface area contributed by atoms with Gasteiger partial charge in [-0.15, -0.1) is 0 Å². The molecule has 0 fully saturated rings. The van der Waals surface area contributed by atoms with Crippen LogP contribution in [0.1, 0.15) is 20.8 Å². The smallest absolute Gasteiger partial charge is 0.435 e. The van der Waals surface area contributed by atoms with E-state index in [0.717, 1.165) is 27.5 Å². The van der Waals surface area contributed by atoms with Gasteiger partial charge in [0.05, 0.1) is 17.2 Å². The molecule has 0 bridgehead atoms. The molecule has 5 rings (SSSR count). The Balaban J connectivity index is 1.49. The Kier molecular flexibility index (Phi) is 6.61. The van der Waals surface area contributed by atoms with Gasteiger partial charge in [-0.25, -0.2) is 19.6 Å². The van der Waals surface area contributed by atoms with Gasteiger partial charge in [-0.1, -0.05) is 24.3 Å². The maximum Gasteiger partial charge on any atom is 0.435 e. The standard InChI is InChI=1S/C29H29N7O3/c1-29(2,3)39-28(38)36-24-14-13-21(16-19(24)17-30-36)31-26-22-11-6-7-12-23(22)33-25(34-26)18-9-8-10-20(15-18)32-27(37)35(4)5/h6-17H,1-5H3,(H,32,37)(H,31,33,34). The molecule has 0 aliphatic rings. The van der Waals surface area contributed by atoms with Crippen molar-refractivity contribution in [3.63, 3.8) is 0 Å². The maximum atomic E-state index is 12.6. The molecule has 2 amide bonds. The highest BCUT2D eigenvalue weighted by Crippen LogP contribution is 2.30. The van der Waals surface area contributed by atoms with Crippen molar-refractivity contribution in [2.24, 2.45) is 0 Å². The van der Waals surface area contributed by atoms with E-state index in [1.54, 1.807) is 20.3 Å². The predicted octanol–water partition coefficient (Wildman–Crippen LogP) is 6.27. The Morgan fingerprint density at radius 2 is 1.72 bits per heavy atom. The number of aromatic nitrogens is 4. The van der Waals surface area contributed by atoms with E-state index in [2.05, 4.69) is 15.7 Å². The number of carbonyl (C=O) groups excluding carboxylic acids is 2. The van der Waals surface area contributed by atoms with Gasteiger partial charge in [0.2, 0.25) is 0 Å². The van der Waals surface area contributed by atoms with Crippen molar-refractivity contribution in [1.29, 1.82) is 0 Å². The van der Waals surface area contributed by atoms with Crippen molar-refractivity contribution < 1.29 is 14.3 Å². The first-order valence-corrected chi connectivity index (χ1v) is 12.4. The molecule has 3 aromatic carbocycles. The number of amides is 2. The third-order valence-electron chi connectivity index (χ3n) is 5.78. The second-order valence-electron chi connectivity index (χ2n) is 10.3. The molecule has 0 spiro atoms. The summed E-state index contributed by atoms with van der Waals surface area (Å²) in [6.07, 6.45) is 1.09. The molecule has 10 heteroatoms. The summed E-state index contributed by atoms with van der Waals surface area (Å²) in [5.41, 5.74) is 2.96. The summed E-state index contributed by atoms with van der Waals surface area (Å²) in [6.45, 7) is 5.44. The van der Waals surface area contributed by atoms with Crippen LogP contribution in [0.4, 0.5) is 26.8 Å². The van der Waals surface area contributed by atoms with Crippen molar-refractivity contribution in [2.45, 2.75) is 26.4 Å². The topological polar surface area (TPSA) is 114 Å². The fraction of sp³-hybridized carbons (Fsp3) is 0.207. The van der Waals surface area contributed by atoms with Crippen LogP contribution in [0.3, 0.4) is 0 Å². The summed E-state index contributed by atoms with van der Waals surface area (Å²) in [5, 5.41) is 12.1. The summed E-state index contributed by atoms with van der Waals surface area (Å²) in [4.78, 5) is 35.8. The van der Waals surface area contributed by atoms with Gasteiger partial charge in [0.15, 0.2) is 5.82 Å². The minimum absolute atomic E-state index is 0.223. The molecule has 0 aliphatic carbocycles. The van der Waals surface area contributed by atoms with Crippen molar-refractivity contribution in [3.8, 4) is 11.4 Å². The Labute approximate surface area is 225 Å². The molecular formula is C29H29N7O3. The molecule has 2 N–H and O–H groups in total. The molecule has 0 radical (unpaired) electrons. The first kappa shape index (κ1) is 25.7. The highest BCUT2D eigenvalue weighted by Gasteiger charge is 2.20. The minimum atomic E-state index is -0.625. The zero-order chi connectivity index (χ0) is 27.7. The van der Waals surface area contributed by atoms with E-state index in [-0.39, 0.29) is 6.03 Å². The van der Waals surface area contributed by atoms with E-state index < -0.39 is 11.7 Å². The van der Waals surface area contributed by atoms with Crippen molar-refractivity contribution in [3.05, 3.63) is 72.9 Å². The number of fused-ring (bicyclic) bond motifs is 2. The van der Waals surface area contributed by atoms with Gasteiger partial charge < -0.3 is 20.3 Å². The van der Waals surface area contributed by atoms with Gasteiger partial charge >= 0.3 is 12.1 Å². The predicted molar refractivity (Wildman–Crippen MR) is 152 cm³/mol. The Hall–Kier alpha value is -4.99. The number of rotatable bonds is 4. The van der Waals surface area contributed by atoms with Crippen LogP contribution in [0, 0.1) is 0 Å². The summed E-state index contributed by atoms with van der Waals surface area (Å²) in [6, 6.07) is 20.5. The van der Waals surface area contributed by atoms with E-state index in [9.17, 15) is 9.59 Å². The molecule has 10 nitrogen and oxygen atoms in total. The average molecular weight is 524 g/mol. The SMILES string of the molecule is CN(C)C(=O)Nc1cccc(-c2nc(Nc3ccc4c(cnn4C(=O)OC(C)(C)C)c3)c3ccccc3n2)c1. The third kappa shape index (κ3) is 5.64. The van der Waals surface area contributed by atoms with Crippen molar-refractivity contribution in [1.82, 2.24) is 24.6 Å². The van der Waals surface area contributed by atoms with Crippen LogP contribution >= 0.6 is 0 Å². The normalized spacial score (nSPS) is 11.4. The summed E-state index contributed by atoms with van der Waals surface area (Å²) in [7, 11) is 3.37. The first-order chi connectivity index (χ1) is 18.6. The lowest BCUT2D eigenvalue weighted by Crippen LogP contribution is -2.27. The lowest BCUT2D eigenvalue weighted by molar-refractivity contribution is 0.0522.